The van der Waals surface area contributed by atoms with E-state index in [1.807, 2.05) is 24.3 Å². The molecular weight excluding hydrogens is 338 g/mol. The van der Waals surface area contributed by atoms with E-state index in [1.54, 1.807) is 24.3 Å². The number of hydrogen-bond acceptors (Lipinski definition) is 3. The van der Waals surface area contributed by atoms with Crippen molar-refractivity contribution in [3.05, 3.63) is 83.4 Å². The second-order valence-electron chi connectivity index (χ2n) is 5.76. The van der Waals surface area contributed by atoms with Crippen LogP contribution in [0, 0.1) is 11.6 Å². The van der Waals surface area contributed by atoms with Crippen LogP contribution in [0.5, 0.6) is 11.5 Å². The highest BCUT2D eigenvalue weighted by atomic mass is 19.2. The summed E-state index contributed by atoms with van der Waals surface area (Å²) >= 11 is 0. The van der Waals surface area contributed by atoms with E-state index in [9.17, 15) is 8.78 Å². The van der Waals surface area contributed by atoms with Crippen molar-refractivity contribution < 1.29 is 23.4 Å². The Morgan fingerprint density at radius 2 is 1.58 bits per heavy atom. The van der Waals surface area contributed by atoms with E-state index < -0.39 is 11.6 Å². The summed E-state index contributed by atoms with van der Waals surface area (Å²) in [7, 11) is 1.41. The van der Waals surface area contributed by atoms with Crippen molar-refractivity contribution >= 4 is 0 Å². The molecule has 3 nitrogen and oxygen atoms in total. The van der Waals surface area contributed by atoms with Gasteiger partial charge >= 0.3 is 0 Å². The van der Waals surface area contributed by atoms with Crippen molar-refractivity contribution in [2.45, 2.75) is 13.2 Å². The summed E-state index contributed by atoms with van der Waals surface area (Å²) in [6, 6.07) is 16.7. The minimum Gasteiger partial charge on any atom is -0.496 e. The van der Waals surface area contributed by atoms with Crippen LogP contribution in [0.4, 0.5) is 8.78 Å². The average Bonchev–Trinajstić information content (AvgIpc) is 2.68. The van der Waals surface area contributed by atoms with Gasteiger partial charge in [-0.3, -0.25) is 0 Å². The summed E-state index contributed by atoms with van der Waals surface area (Å²) in [5.41, 5.74) is 2.93. The maximum absolute atomic E-state index is 13.6. The van der Waals surface area contributed by atoms with Crippen LogP contribution in [-0.2, 0) is 13.2 Å². The van der Waals surface area contributed by atoms with E-state index in [1.165, 1.54) is 7.11 Å². The fourth-order valence-corrected chi connectivity index (χ4v) is 2.64. The summed E-state index contributed by atoms with van der Waals surface area (Å²) in [6.45, 7) is 0.348. The van der Waals surface area contributed by atoms with Crippen molar-refractivity contribution in [3.8, 4) is 22.6 Å². The van der Waals surface area contributed by atoms with Gasteiger partial charge in [0.15, 0.2) is 11.6 Å². The molecule has 5 heteroatoms. The fourth-order valence-electron chi connectivity index (χ4n) is 2.64. The summed E-state index contributed by atoms with van der Waals surface area (Å²) < 4.78 is 37.8. The molecular formula is C21H18F2O3. The number of benzene rings is 3. The fraction of sp³-hybridized carbons (Fsp3) is 0.143. The Hall–Kier alpha value is -2.92. The lowest BCUT2D eigenvalue weighted by molar-refractivity contribution is 0.280. The van der Waals surface area contributed by atoms with Crippen LogP contribution in [0.1, 0.15) is 11.1 Å². The molecule has 3 aromatic rings. The average molecular weight is 356 g/mol. The molecule has 0 aliphatic carbocycles. The number of aliphatic hydroxyl groups excluding tert-OH is 1. The molecule has 0 fully saturated rings. The molecule has 0 aromatic heterocycles. The first kappa shape index (κ1) is 17.9. The van der Waals surface area contributed by atoms with Gasteiger partial charge in [0.2, 0.25) is 0 Å². The molecule has 1 N–H and O–H groups in total. The second kappa shape index (κ2) is 7.97. The van der Waals surface area contributed by atoms with Crippen LogP contribution >= 0.6 is 0 Å². The molecule has 0 radical (unpaired) electrons. The lowest BCUT2D eigenvalue weighted by Crippen LogP contribution is -1.97. The molecule has 0 saturated heterocycles. The van der Waals surface area contributed by atoms with Gasteiger partial charge in [0, 0.05) is 11.6 Å². The lowest BCUT2D eigenvalue weighted by Gasteiger charge is -2.11. The summed E-state index contributed by atoms with van der Waals surface area (Å²) in [5.74, 6) is -0.969. The SMILES string of the molecule is COc1cc(F)c(F)cc1-c1ccc(OCc2cccc(CO)c2)cc1. The van der Waals surface area contributed by atoms with Crippen LogP contribution in [0.3, 0.4) is 0 Å². The van der Waals surface area contributed by atoms with Gasteiger partial charge in [0.05, 0.1) is 13.7 Å². The third-order valence-corrected chi connectivity index (χ3v) is 3.99. The Balaban J connectivity index is 1.75. The van der Waals surface area contributed by atoms with E-state index >= 15 is 0 Å². The molecule has 26 heavy (non-hydrogen) atoms. The minimum absolute atomic E-state index is 0.0153. The molecule has 0 spiro atoms. The molecule has 0 aliphatic heterocycles. The number of ether oxygens (including phenoxy) is 2. The standard InChI is InChI=1S/C21H18F2O3/c1-25-21-11-20(23)19(22)10-18(21)16-5-7-17(8-6-16)26-13-15-4-2-3-14(9-15)12-24/h2-11,24H,12-13H2,1H3. The van der Waals surface area contributed by atoms with Crippen LogP contribution in [0.2, 0.25) is 0 Å². The monoisotopic (exact) mass is 356 g/mol. The Morgan fingerprint density at radius 3 is 2.27 bits per heavy atom. The first-order valence-electron chi connectivity index (χ1n) is 8.05. The first-order chi connectivity index (χ1) is 12.6. The number of methoxy groups -OCH3 is 1. The summed E-state index contributed by atoms with van der Waals surface area (Å²) in [4.78, 5) is 0. The van der Waals surface area contributed by atoms with E-state index in [0.29, 0.717) is 23.5 Å². The number of aliphatic hydroxyl groups is 1. The van der Waals surface area contributed by atoms with Gasteiger partial charge in [-0.25, -0.2) is 8.78 Å². The van der Waals surface area contributed by atoms with Gasteiger partial charge in [0.1, 0.15) is 18.1 Å². The Labute approximate surface area is 150 Å². The molecule has 134 valence electrons. The normalized spacial score (nSPS) is 10.6. The van der Waals surface area contributed by atoms with E-state index in [0.717, 1.165) is 23.3 Å². The van der Waals surface area contributed by atoms with E-state index in [-0.39, 0.29) is 12.4 Å². The molecule has 0 saturated carbocycles. The van der Waals surface area contributed by atoms with Crippen molar-refractivity contribution in [2.24, 2.45) is 0 Å². The van der Waals surface area contributed by atoms with Gasteiger partial charge in [-0.2, -0.15) is 0 Å². The highest BCUT2D eigenvalue weighted by Crippen LogP contribution is 2.33. The zero-order valence-corrected chi connectivity index (χ0v) is 14.2. The predicted molar refractivity (Wildman–Crippen MR) is 95.0 cm³/mol. The van der Waals surface area contributed by atoms with Crippen molar-refractivity contribution in [1.29, 1.82) is 0 Å². The highest BCUT2D eigenvalue weighted by Gasteiger charge is 2.12. The van der Waals surface area contributed by atoms with Gasteiger partial charge < -0.3 is 14.6 Å². The Kier molecular flexibility index (Phi) is 5.49. The predicted octanol–water partition coefficient (Wildman–Crippen LogP) is 4.71. The zero-order chi connectivity index (χ0) is 18.5. The van der Waals surface area contributed by atoms with Crippen molar-refractivity contribution in [1.82, 2.24) is 0 Å². The highest BCUT2D eigenvalue weighted by molar-refractivity contribution is 5.71. The van der Waals surface area contributed by atoms with Crippen LogP contribution in [0.15, 0.2) is 60.7 Å². The Morgan fingerprint density at radius 1 is 0.885 bits per heavy atom. The maximum Gasteiger partial charge on any atom is 0.162 e. The van der Waals surface area contributed by atoms with Gasteiger partial charge in [0.25, 0.3) is 0 Å². The summed E-state index contributed by atoms with van der Waals surface area (Å²) in [5, 5.41) is 9.16. The van der Waals surface area contributed by atoms with Gasteiger partial charge in [-0.05, 0) is 34.9 Å². The zero-order valence-electron chi connectivity index (χ0n) is 14.2. The Bertz CT molecular complexity index is 892. The molecule has 0 atom stereocenters. The van der Waals surface area contributed by atoms with E-state index in [2.05, 4.69) is 0 Å². The lowest BCUT2D eigenvalue weighted by atomic mass is 10.0. The van der Waals surface area contributed by atoms with E-state index in [4.69, 9.17) is 14.6 Å². The number of hydrogen-bond donors (Lipinski definition) is 1. The third kappa shape index (κ3) is 4.00. The molecule has 0 aliphatic rings. The minimum atomic E-state index is -0.948. The largest absolute Gasteiger partial charge is 0.496 e. The molecule has 0 heterocycles. The quantitative estimate of drug-likeness (QED) is 0.695. The third-order valence-electron chi connectivity index (χ3n) is 3.99. The smallest absolute Gasteiger partial charge is 0.162 e. The molecule has 3 rings (SSSR count). The summed E-state index contributed by atoms with van der Waals surface area (Å²) in [6.07, 6.45) is 0. The molecule has 0 bridgehead atoms. The second-order valence-corrected chi connectivity index (χ2v) is 5.76. The van der Waals surface area contributed by atoms with Gasteiger partial charge in [-0.15, -0.1) is 0 Å². The number of halogens is 2. The van der Waals surface area contributed by atoms with Gasteiger partial charge in [-0.1, -0.05) is 36.4 Å². The van der Waals surface area contributed by atoms with Crippen LogP contribution in [0.25, 0.3) is 11.1 Å². The van der Waals surface area contributed by atoms with Crippen molar-refractivity contribution in [2.75, 3.05) is 7.11 Å². The topological polar surface area (TPSA) is 38.7 Å². The van der Waals surface area contributed by atoms with Crippen LogP contribution < -0.4 is 9.47 Å². The number of rotatable bonds is 6. The molecule has 0 unspecified atom stereocenters. The first-order valence-corrected chi connectivity index (χ1v) is 8.05. The molecule has 3 aromatic carbocycles. The molecule has 0 amide bonds. The van der Waals surface area contributed by atoms with Crippen LogP contribution in [-0.4, -0.2) is 12.2 Å². The van der Waals surface area contributed by atoms with Crippen molar-refractivity contribution in [3.63, 3.8) is 0 Å². The maximum atomic E-state index is 13.6.